The molecule has 0 saturated heterocycles. The molecule has 0 aromatic rings. The van der Waals surface area contributed by atoms with Gasteiger partial charge in [0.2, 0.25) is 0 Å². The SMILES string of the molecule is CCCCC(CC#CCOC(=O)C(C)(C)CCCCCC(CCCCCC(C)(C)C(=O)OCC#CCC(CCCC)CCCC)OC(=O)CCCN(C)C)CCCC. The van der Waals surface area contributed by atoms with Crippen molar-refractivity contribution in [1.29, 1.82) is 0 Å². The van der Waals surface area contributed by atoms with Crippen LogP contribution >= 0.6 is 0 Å². The molecule has 58 heavy (non-hydrogen) atoms. The van der Waals surface area contributed by atoms with E-state index < -0.39 is 10.8 Å². The minimum absolute atomic E-state index is 0.118. The summed E-state index contributed by atoms with van der Waals surface area (Å²) in [5, 5.41) is 0. The molecule has 0 spiro atoms. The third-order valence-electron chi connectivity index (χ3n) is 11.5. The van der Waals surface area contributed by atoms with Crippen LogP contribution in [0.5, 0.6) is 0 Å². The molecule has 0 N–H and O–H groups in total. The average Bonchev–Trinajstić information content (AvgIpc) is 3.18. The molecule has 336 valence electrons. The van der Waals surface area contributed by atoms with E-state index >= 15 is 0 Å². The molecule has 0 aromatic heterocycles. The maximum Gasteiger partial charge on any atom is 0.312 e. The molecule has 7 nitrogen and oxygen atoms in total. The standard InChI is InChI=1S/C51H91NO6/c1-11-15-30-44(31-16-12-2)34-23-27-42-56-48(54)50(5,6)39-25-19-21-36-46(58-47(53)38-29-41-52(9)10)37-22-20-26-40-51(7,8)49(55)57-43-28-24-35-45(32-17-13-3)33-18-14-4/h44-46H,11-22,25-26,29-43H2,1-10H3. The maximum absolute atomic E-state index is 12.9. The third-order valence-corrected chi connectivity index (χ3v) is 11.5. The second-order valence-electron chi connectivity index (χ2n) is 18.6. The largest absolute Gasteiger partial charge is 0.462 e. The molecule has 0 aliphatic rings. The molecule has 7 heteroatoms. The number of hydrogen-bond donors (Lipinski definition) is 0. The van der Waals surface area contributed by atoms with Crippen LogP contribution in [0.25, 0.3) is 0 Å². The van der Waals surface area contributed by atoms with Crippen molar-refractivity contribution in [2.24, 2.45) is 22.7 Å². The van der Waals surface area contributed by atoms with Gasteiger partial charge in [0, 0.05) is 19.3 Å². The van der Waals surface area contributed by atoms with Crippen LogP contribution in [-0.4, -0.2) is 62.8 Å². The summed E-state index contributed by atoms with van der Waals surface area (Å²) in [5.74, 6) is 13.5. The van der Waals surface area contributed by atoms with E-state index in [1.54, 1.807) is 0 Å². The van der Waals surface area contributed by atoms with Crippen molar-refractivity contribution in [1.82, 2.24) is 4.90 Å². The molecule has 0 radical (unpaired) electrons. The van der Waals surface area contributed by atoms with Crippen LogP contribution < -0.4 is 0 Å². The van der Waals surface area contributed by atoms with Crippen LogP contribution in [-0.2, 0) is 28.6 Å². The molecule has 0 atom stereocenters. The van der Waals surface area contributed by atoms with Crippen molar-refractivity contribution in [3.8, 4) is 23.7 Å². The Balaban J connectivity index is 4.82. The van der Waals surface area contributed by atoms with E-state index in [9.17, 15) is 14.4 Å². The van der Waals surface area contributed by atoms with Gasteiger partial charge in [-0.2, -0.15) is 0 Å². The number of esters is 3. The molecular formula is C51H91NO6. The fourth-order valence-corrected chi connectivity index (χ4v) is 7.28. The van der Waals surface area contributed by atoms with E-state index in [1.165, 1.54) is 77.0 Å². The van der Waals surface area contributed by atoms with Gasteiger partial charge in [0.1, 0.15) is 6.10 Å². The molecular weight excluding hydrogens is 723 g/mol. The average molecular weight is 814 g/mol. The van der Waals surface area contributed by atoms with Crippen molar-refractivity contribution in [3.05, 3.63) is 0 Å². The van der Waals surface area contributed by atoms with Crippen molar-refractivity contribution >= 4 is 17.9 Å². The molecule has 0 rings (SSSR count). The summed E-state index contributed by atoms with van der Waals surface area (Å²) < 4.78 is 17.2. The number of carbonyl (C=O) groups excluding carboxylic acids is 3. The van der Waals surface area contributed by atoms with E-state index in [0.717, 1.165) is 90.0 Å². The molecule has 0 saturated carbocycles. The molecule has 0 fully saturated rings. The maximum atomic E-state index is 12.9. The summed E-state index contributed by atoms with van der Waals surface area (Å²) >= 11 is 0. The number of unbranched alkanes of at least 4 members (excludes halogenated alkanes) is 8. The fraction of sp³-hybridized carbons (Fsp3) is 0.863. The van der Waals surface area contributed by atoms with Gasteiger partial charge in [-0.25, -0.2) is 0 Å². The topological polar surface area (TPSA) is 82.1 Å². The van der Waals surface area contributed by atoms with Crippen LogP contribution in [0.2, 0.25) is 0 Å². The van der Waals surface area contributed by atoms with Crippen LogP contribution in [0.1, 0.15) is 222 Å². The zero-order valence-corrected chi connectivity index (χ0v) is 39.6. The lowest BCUT2D eigenvalue weighted by Crippen LogP contribution is -2.27. The smallest absolute Gasteiger partial charge is 0.312 e. The number of nitrogens with zero attached hydrogens (tertiary/aromatic N) is 1. The first-order chi connectivity index (χ1) is 27.7. The van der Waals surface area contributed by atoms with E-state index in [0.29, 0.717) is 18.3 Å². The molecule has 0 unspecified atom stereocenters. The Hall–Kier alpha value is -2.51. The lowest BCUT2D eigenvalue weighted by atomic mass is 9.86. The van der Waals surface area contributed by atoms with Crippen LogP contribution in [0.3, 0.4) is 0 Å². The number of rotatable bonds is 35. The Morgan fingerprint density at radius 3 is 1.28 bits per heavy atom. The summed E-state index contributed by atoms with van der Waals surface area (Å²) in [6.07, 6.45) is 26.3. The molecule has 0 amide bonds. The first kappa shape index (κ1) is 55.5. The van der Waals surface area contributed by atoms with Gasteiger partial charge in [-0.15, -0.1) is 0 Å². The second kappa shape index (κ2) is 35.3. The molecule has 0 aliphatic carbocycles. The Morgan fingerprint density at radius 2 is 0.914 bits per heavy atom. The minimum Gasteiger partial charge on any atom is -0.462 e. The van der Waals surface area contributed by atoms with Gasteiger partial charge in [0.05, 0.1) is 10.8 Å². The van der Waals surface area contributed by atoms with E-state index in [1.807, 2.05) is 41.8 Å². The Bertz CT molecular complexity index is 1090. The minimum atomic E-state index is -0.566. The van der Waals surface area contributed by atoms with Gasteiger partial charge in [-0.05, 0) is 131 Å². The van der Waals surface area contributed by atoms with Crippen molar-refractivity contribution in [3.63, 3.8) is 0 Å². The highest BCUT2D eigenvalue weighted by atomic mass is 16.5. The van der Waals surface area contributed by atoms with Crippen LogP contribution in [0.15, 0.2) is 0 Å². The predicted molar refractivity (Wildman–Crippen MR) is 243 cm³/mol. The first-order valence-electron chi connectivity index (χ1n) is 23.8. The first-order valence-corrected chi connectivity index (χ1v) is 23.8. The molecule has 0 aliphatic heterocycles. The van der Waals surface area contributed by atoms with E-state index in [2.05, 4.69) is 56.3 Å². The number of hydrogen-bond acceptors (Lipinski definition) is 7. The van der Waals surface area contributed by atoms with Gasteiger partial charge in [-0.1, -0.05) is 128 Å². The summed E-state index contributed by atoms with van der Waals surface area (Å²) in [5.41, 5.74) is -1.13. The Kier molecular flexibility index (Phi) is 33.7. The quantitative estimate of drug-likeness (QED) is 0.0273. The lowest BCUT2D eigenvalue weighted by Gasteiger charge is -2.23. The summed E-state index contributed by atoms with van der Waals surface area (Å²) in [6, 6.07) is 0. The summed E-state index contributed by atoms with van der Waals surface area (Å²) in [4.78, 5) is 40.6. The highest BCUT2D eigenvalue weighted by Gasteiger charge is 2.30. The molecule has 0 heterocycles. The Labute approximate surface area is 359 Å². The van der Waals surface area contributed by atoms with Gasteiger partial charge >= 0.3 is 17.9 Å². The van der Waals surface area contributed by atoms with Gasteiger partial charge in [0.25, 0.3) is 0 Å². The predicted octanol–water partition coefficient (Wildman–Crippen LogP) is 13.1. The molecule has 0 bridgehead atoms. The van der Waals surface area contributed by atoms with E-state index in [4.69, 9.17) is 14.2 Å². The fourth-order valence-electron chi connectivity index (χ4n) is 7.28. The molecule has 0 aromatic carbocycles. The second-order valence-corrected chi connectivity index (χ2v) is 18.6. The monoisotopic (exact) mass is 814 g/mol. The van der Waals surface area contributed by atoms with Crippen molar-refractivity contribution in [2.75, 3.05) is 33.9 Å². The Morgan fingerprint density at radius 1 is 0.517 bits per heavy atom. The van der Waals surface area contributed by atoms with E-state index in [-0.39, 0.29) is 37.2 Å². The zero-order chi connectivity index (χ0) is 43.5. The van der Waals surface area contributed by atoms with Crippen LogP contribution in [0, 0.1) is 46.3 Å². The van der Waals surface area contributed by atoms with Crippen molar-refractivity contribution < 1.29 is 28.6 Å². The van der Waals surface area contributed by atoms with Gasteiger partial charge < -0.3 is 19.1 Å². The third kappa shape index (κ3) is 30.5. The lowest BCUT2D eigenvalue weighted by molar-refractivity contribution is -0.153. The summed E-state index contributed by atoms with van der Waals surface area (Å²) in [7, 11) is 4.02. The van der Waals surface area contributed by atoms with Crippen LogP contribution in [0.4, 0.5) is 0 Å². The number of carbonyl (C=O) groups is 3. The number of ether oxygens (including phenoxy) is 3. The highest BCUT2D eigenvalue weighted by Crippen LogP contribution is 2.28. The summed E-state index contributed by atoms with van der Waals surface area (Å²) in [6.45, 7) is 17.9. The zero-order valence-electron chi connectivity index (χ0n) is 39.6. The normalized spacial score (nSPS) is 11.8. The van der Waals surface area contributed by atoms with Gasteiger partial charge in [-0.3, -0.25) is 14.4 Å². The van der Waals surface area contributed by atoms with Gasteiger partial charge in [0.15, 0.2) is 13.2 Å². The highest BCUT2D eigenvalue weighted by molar-refractivity contribution is 5.76. The van der Waals surface area contributed by atoms with Crippen molar-refractivity contribution in [2.45, 2.75) is 228 Å².